The molecule has 2 N–H and O–H groups in total. The molecule has 0 aliphatic carbocycles. The maximum atomic E-state index is 10.6. The lowest BCUT2D eigenvalue weighted by atomic mass is 10.2. The Kier molecular flexibility index (Phi) is 1.81. The summed E-state index contributed by atoms with van der Waals surface area (Å²) in [5.74, 6) is -1.02. The molecule has 0 saturated carbocycles. The van der Waals surface area contributed by atoms with Crippen molar-refractivity contribution in [2.75, 3.05) is 0 Å². The third-order valence-corrected chi connectivity index (χ3v) is 2.39. The SMILES string of the molecule is O=C(O)c1cc2c(Br)c[nH]c2cn1. The predicted molar refractivity (Wildman–Crippen MR) is 50.8 cm³/mol. The van der Waals surface area contributed by atoms with E-state index in [1.165, 1.54) is 12.3 Å². The van der Waals surface area contributed by atoms with Gasteiger partial charge < -0.3 is 10.1 Å². The highest BCUT2D eigenvalue weighted by Gasteiger charge is 2.07. The van der Waals surface area contributed by atoms with Gasteiger partial charge in [-0.3, -0.25) is 0 Å². The zero-order valence-electron chi connectivity index (χ0n) is 6.41. The van der Waals surface area contributed by atoms with Crippen LogP contribution in [0.3, 0.4) is 0 Å². The number of aromatic nitrogens is 2. The molecule has 2 aromatic rings. The molecule has 0 radical (unpaired) electrons. The molecule has 0 unspecified atom stereocenters. The van der Waals surface area contributed by atoms with E-state index in [1.807, 2.05) is 0 Å². The smallest absolute Gasteiger partial charge is 0.354 e. The first kappa shape index (κ1) is 8.25. The molecule has 2 aromatic heterocycles. The molecule has 0 aliphatic heterocycles. The van der Waals surface area contributed by atoms with Gasteiger partial charge in [-0.15, -0.1) is 0 Å². The topological polar surface area (TPSA) is 66.0 Å². The van der Waals surface area contributed by atoms with E-state index < -0.39 is 5.97 Å². The summed E-state index contributed by atoms with van der Waals surface area (Å²) in [6.07, 6.45) is 3.25. The molecule has 0 bridgehead atoms. The molecule has 13 heavy (non-hydrogen) atoms. The van der Waals surface area contributed by atoms with Crippen molar-refractivity contribution < 1.29 is 9.90 Å². The number of carbonyl (C=O) groups is 1. The van der Waals surface area contributed by atoms with E-state index in [0.29, 0.717) is 0 Å². The Morgan fingerprint density at radius 3 is 3.08 bits per heavy atom. The summed E-state index contributed by atoms with van der Waals surface area (Å²) in [4.78, 5) is 17.3. The molecule has 0 aliphatic rings. The molecule has 0 fully saturated rings. The van der Waals surface area contributed by atoms with Gasteiger partial charge in [0, 0.05) is 16.1 Å². The fourth-order valence-electron chi connectivity index (χ4n) is 1.10. The number of nitrogens with one attached hydrogen (secondary N) is 1. The van der Waals surface area contributed by atoms with Crippen LogP contribution < -0.4 is 0 Å². The van der Waals surface area contributed by atoms with Gasteiger partial charge in [0.25, 0.3) is 0 Å². The van der Waals surface area contributed by atoms with Gasteiger partial charge in [0.1, 0.15) is 5.69 Å². The first-order chi connectivity index (χ1) is 6.18. The number of carboxylic acid groups (broad SMARTS) is 1. The number of halogens is 1. The average Bonchev–Trinajstić information content (AvgIpc) is 2.47. The highest BCUT2D eigenvalue weighted by Crippen LogP contribution is 2.22. The summed E-state index contributed by atoms with van der Waals surface area (Å²) in [7, 11) is 0. The van der Waals surface area contributed by atoms with E-state index >= 15 is 0 Å². The number of rotatable bonds is 1. The van der Waals surface area contributed by atoms with Crippen molar-refractivity contribution in [3.05, 3.63) is 28.6 Å². The highest BCUT2D eigenvalue weighted by atomic mass is 79.9. The molecule has 66 valence electrons. The van der Waals surface area contributed by atoms with E-state index in [2.05, 4.69) is 25.9 Å². The number of fused-ring (bicyclic) bond motifs is 1. The summed E-state index contributed by atoms with van der Waals surface area (Å²) in [6.45, 7) is 0. The van der Waals surface area contributed by atoms with Crippen molar-refractivity contribution >= 4 is 32.8 Å². The van der Waals surface area contributed by atoms with E-state index in [1.54, 1.807) is 6.20 Å². The first-order valence-electron chi connectivity index (χ1n) is 3.54. The largest absolute Gasteiger partial charge is 0.477 e. The molecule has 4 nitrogen and oxygen atoms in total. The van der Waals surface area contributed by atoms with Crippen LogP contribution in [0.15, 0.2) is 22.9 Å². The second-order valence-corrected chi connectivity index (χ2v) is 3.41. The van der Waals surface area contributed by atoms with E-state index in [0.717, 1.165) is 15.4 Å². The maximum absolute atomic E-state index is 10.6. The second-order valence-electron chi connectivity index (χ2n) is 2.56. The lowest BCUT2D eigenvalue weighted by molar-refractivity contribution is 0.0691. The molecule has 0 atom stereocenters. The second kappa shape index (κ2) is 2.85. The fourth-order valence-corrected chi connectivity index (χ4v) is 1.55. The molecule has 0 amide bonds. The van der Waals surface area contributed by atoms with Gasteiger partial charge in [0.2, 0.25) is 0 Å². The van der Waals surface area contributed by atoms with Crippen LogP contribution in [-0.2, 0) is 0 Å². The molecule has 2 rings (SSSR count). The van der Waals surface area contributed by atoms with Gasteiger partial charge in [0.05, 0.1) is 11.7 Å². The quantitative estimate of drug-likeness (QED) is 0.802. The summed E-state index contributed by atoms with van der Waals surface area (Å²) < 4.78 is 0.840. The Hall–Kier alpha value is -1.36. The van der Waals surface area contributed by atoms with Gasteiger partial charge >= 0.3 is 5.97 Å². The number of aromatic amines is 1. The van der Waals surface area contributed by atoms with Crippen LogP contribution in [0.5, 0.6) is 0 Å². The van der Waals surface area contributed by atoms with Gasteiger partial charge in [-0.1, -0.05) is 0 Å². The summed E-state index contributed by atoms with van der Waals surface area (Å²) in [5, 5.41) is 9.51. The van der Waals surface area contributed by atoms with Crippen LogP contribution in [0.25, 0.3) is 10.9 Å². The van der Waals surface area contributed by atoms with Gasteiger partial charge in [-0.05, 0) is 22.0 Å². The molecule has 0 spiro atoms. The zero-order chi connectivity index (χ0) is 9.42. The minimum atomic E-state index is -1.02. The standard InChI is InChI=1S/C8H5BrN2O2/c9-5-2-10-7-3-11-6(8(12)13)1-4(5)7/h1-3,10H,(H,12,13). The number of hydrogen-bond acceptors (Lipinski definition) is 2. The molecule has 0 saturated heterocycles. The third kappa shape index (κ3) is 1.31. The van der Waals surface area contributed by atoms with Crippen LogP contribution in [-0.4, -0.2) is 21.0 Å². The highest BCUT2D eigenvalue weighted by molar-refractivity contribution is 9.10. The van der Waals surface area contributed by atoms with Crippen LogP contribution in [0.2, 0.25) is 0 Å². The Balaban J connectivity index is 2.72. The molecule has 0 aromatic carbocycles. The van der Waals surface area contributed by atoms with Crippen molar-refractivity contribution in [1.82, 2.24) is 9.97 Å². The average molecular weight is 241 g/mol. The van der Waals surface area contributed by atoms with Crippen LogP contribution in [0, 0.1) is 0 Å². The minimum absolute atomic E-state index is 0.0489. The van der Waals surface area contributed by atoms with Gasteiger partial charge in [-0.2, -0.15) is 0 Å². The van der Waals surface area contributed by atoms with Gasteiger partial charge in [0.15, 0.2) is 0 Å². The Labute approximate surface area is 81.7 Å². The summed E-state index contributed by atoms with van der Waals surface area (Å²) in [6, 6.07) is 1.53. The number of aromatic carboxylic acids is 1. The lowest BCUT2D eigenvalue weighted by Gasteiger charge is -1.93. The fraction of sp³-hybridized carbons (Fsp3) is 0. The Morgan fingerprint density at radius 2 is 2.38 bits per heavy atom. The van der Waals surface area contributed by atoms with Crippen molar-refractivity contribution in [2.45, 2.75) is 0 Å². The normalized spacial score (nSPS) is 10.5. The number of pyridine rings is 1. The third-order valence-electron chi connectivity index (χ3n) is 1.73. The lowest BCUT2D eigenvalue weighted by Crippen LogP contribution is -1.98. The molecular formula is C8H5BrN2O2. The van der Waals surface area contributed by atoms with E-state index in [4.69, 9.17) is 5.11 Å². The summed E-state index contributed by atoms with van der Waals surface area (Å²) >= 11 is 3.30. The monoisotopic (exact) mass is 240 g/mol. The number of H-pyrrole nitrogens is 1. The Morgan fingerprint density at radius 1 is 1.62 bits per heavy atom. The van der Waals surface area contributed by atoms with Crippen molar-refractivity contribution in [1.29, 1.82) is 0 Å². The minimum Gasteiger partial charge on any atom is -0.477 e. The van der Waals surface area contributed by atoms with Crippen molar-refractivity contribution in [3.63, 3.8) is 0 Å². The number of nitrogens with zero attached hydrogens (tertiary/aromatic N) is 1. The van der Waals surface area contributed by atoms with Crippen molar-refractivity contribution in [2.24, 2.45) is 0 Å². The zero-order valence-corrected chi connectivity index (χ0v) is 8.00. The summed E-state index contributed by atoms with van der Waals surface area (Å²) in [5.41, 5.74) is 0.865. The van der Waals surface area contributed by atoms with E-state index in [-0.39, 0.29) is 5.69 Å². The Bertz CT molecular complexity index is 478. The number of hydrogen-bond donors (Lipinski definition) is 2. The van der Waals surface area contributed by atoms with E-state index in [9.17, 15) is 4.79 Å². The number of carboxylic acids is 1. The molecule has 5 heteroatoms. The first-order valence-corrected chi connectivity index (χ1v) is 4.33. The van der Waals surface area contributed by atoms with Crippen LogP contribution in [0.1, 0.15) is 10.5 Å². The van der Waals surface area contributed by atoms with Crippen LogP contribution in [0.4, 0.5) is 0 Å². The van der Waals surface area contributed by atoms with Crippen molar-refractivity contribution in [3.8, 4) is 0 Å². The van der Waals surface area contributed by atoms with Crippen LogP contribution >= 0.6 is 15.9 Å². The maximum Gasteiger partial charge on any atom is 0.354 e. The molecule has 2 heterocycles. The predicted octanol–water partition coefficient (Wildman–Crippen LogP) is 2.02. The molecular weight excluding hydrogens is 236 g/mol. The van der Waals surface area contributed by atoms with Gasteiger partial charge in [-0.25, -0.2) is 9.78 Å².